The van der Waals surface area contributed by atoms with Crippen LogP contribution in [-0.2, 0) is 0 Å². The predicted octanol–water partition coefficient (Wildman–Crippen LogP) is 4.38. The highest BCUT2D eigenvalue weighted by atomic mass is 19.4. The lowest BCUT2D eigenvalue weighted by atomic mass is 10.1. The molecule has 0 fully saturated rings. The van der Waals surface area contributed by atoms with Gasteiger partial charge in [0.15, 0.2) is 6.61 Å². The Morgan fingerprint density at radius 2 is 1.33 bits per heavy atom. The highest BCUT2D eigenvalue weighted by molar-refractivity contribution is 5.70. The molecule has 0 aromatic heterocycles. The van der Waals surface area contributed by atoms with E-state index in [9.17, 15) is 13.2 Å². The van der Waals surface area contributed by atoms with Gasteiger partial charge >= 0.3 is 6.18 Å². The second kappa shape index (κ2) is 6.35. The molecule has 2 nitrogen and oxygen atoms in total. The minimum atomic E-state index is -4.33. The van der Waals surface area contributed by atoms with Gasteiger partial charge in [-0.1, -0.05) is 36.4 Å². The van der Waals surface area contributed by atoms with Crippen molar-refractivity contribution >= 4 is 17.8 Å². The zero-order valence-corrected chi connectivity index (χ0v) is 11.1. The van der Waals surface area contributed by atoms with Crippen molar-refractivity contribution in [3.8, 4) is 5.75 Å². The minimum absolute atomic E-state index is 0.192. The molecule has 2 aromatic rings. The average molecular weight is 293 g/mol. The fourth-order valence-corrected chi connectivity index (χ4v) is 1.64. The lowest BCUT2D eigenvalue weighted by Crippen LogP contribution is -2.19. The van der Waals surface area contributed by atoms with Crippen LogP contribution in [0.3, 0.4) is 0 Å². The smallest absolute Gasteiger partial charge is 0.422 e. The number of ether oxygens (including phenoxy) is 1. The van der Waals surface area contributed by atoms with Gasteiger partial charge in [0.25, 0.3) is 0 Å². The van der Waals surface area contributed by atoms with Gasteiger partial charge in [-0.2, -0.15) is 13.2 Å². The molecule has 0 aliphatic heterocycles. The molecular formula is C16H14F3NO. The summed E-state index contributed by atoms with van der Waals surface area (Å²) in [7, 11) is 0. The van der Waals surface area contributed by atoms with E-state index in [1.807, 2.05) is 24.3 Å². The monoisotopic (exact) mass is 293 g/mol. The topological polar surface area (TPSA) is 35.2 Å². The second-order valence-corrected chi connectivity index (χ2v) is 4.47. The molecule has 0 unspecified atom stereocenters. The molecule has 2 aromatic carbocycles. The third-order valence-electron chi connectivity index (χ3n) is 2.69. The third-order valence-corrected chi connectivity index (χ3v) is 2.69. The Balaban J connectivity index is 1.97. The SMILES string of the molecule is Nc1ccc(C=Cc2ccc(OCC(F)(F)F)cc2)cc1. The van der Waals surface area contributed by atoms with Crippen molar-refractivity contribution < 1.29 is 17.9 Å². The fourth-order valence-electron chi connectivity index (χ4n) is 1.64. The van der Waals surface area contributed by atoms with E-state index < -0.39 is 12.8 Å². The number of hydrogen-bond acceptors (Lipinski definition) is 2. The van der Waals surface area contributed by atoms with Crippen molar-refractivity contribution in [3.63, 3.8) is 0 Å². The van der Waals surface area contributed by atoms with Gasteiger partial charge in [0, 0.05) is 5.69 Å². The molecular weight excluding hydrogens is 279 g/mol. The second-order valence-electron chi connectivity index (χ2n) is 4.47. The summed E-state index contributed by atoms with van der Waals surface area (Å²) < 4.78 is 40.7. The summed E-state index contributed by atoms with van der Waals surface area (Å²) in [6, 6.07) is 13.8. The Morgan fingerprint density at radius 3 is 1.81 bits per heavy atom. The lowest BCUT2D eigenvalue weighted by Gasteiger charge is -2.08. The third kappa shape index (κ3) is 5.22. The maximum Gasteiger partial charge on any atom is 0.422 e. The van der Waals surface area contributed by atoms with E-state index in [-0.39, 0.29) is 5.75 Å². The summed E-state index contributed by atoms with van der Waals surface area (Å²) in [6.07, 6.45) is -0.572. The van der Waals surface area contributed by atoms with Crippen molar-refractivity contribution in [2.75, 3.05) is 12.3 Å². The van der Waals surface area contributed by atoms with Gasteiger partial charge in [-0.25, -0.2) is 0 Å². The van der Waals surface area contributed by atoms with Crippen LogP contribution in [0.25, 0.3) is 12.2 Å². The Bertz CT molecular complexity index is 601. The summed E-state index contributed by atoms with van der Waals surface area (Å²) in [5.41, 5.74) is 8.14. The van der Waals surface area contributed by atoms with Crippen LogP contribution >= 0.6 is 0 Å². The number of rotatable bonds is 4. The maximum absolute atomic E-state index is 12.0. The summed E-state index contributed by atoms with van der Waals surface area (Å²) >= 11 is 0. The highest BCUT2D eigenvalue weighted by Gasteiger charge is 2.28. The van der Waals surface area contributed by atoms with Crippen molar-refractivity contribution in [3.05, 3.63) is 59.7 Å². The zero-order chi connectivity index (χ0) is 15.3. The number of nitrogens with two attached hydrogens (primary N) is 1. The molecule has 0 aliphatic rings. The summed E-state index contributed by atoms with van der Waals surface area (Å²) in [5, 5.41) is 0. The van der Waals surface area contributed by atoms with Crippen LogP contribution in [0.4, 0.5) is 18.9 Å². The maximum atomic E-state index is 12.0. The number of anilines is 1. The van der Waals surface area contributed by atoms with Crippen molar-refractivity contribution in [1.29, 1.82) is 0 Å². The van der Waals surface area contributed by atoms with Gasteiger partial charge in [0.05, 0.1) is 0 Å². The molecule has 2 rings (SSSR count). The number of nitrogen functional groups attached to an aromatic ring is 1. The summed E-state index contributed by atoms with van der Waals surface area (Å²) in [5.74, 6) is 0.192. The van der Waals surface area contributed by atoms with Gasteiger partial charge in [-0.05, 0) is 35.4 Å². The minimum Gasteiger partial charge on any atom is -0.484 e. The van der Waals surface area contributed by atoms with E-state index in [1.54, 1.807) is 24.3 Å². The van der Waals surface area contributed by atoms with Crippen LogP contribution in [0, 0.1) is 0 Å². The molecule has 0 saturated carbocycles. The van der Waals surface area contributed by atoms with Gasteiger partial charge in [-0.15, -0.1) is 0 Å². The average Bonchev–Trinajstić information content (AvgIpc) is 2.45. The largest absolute Gasteiger partial charge is 0.484 e. The molecule has 2 N–H and O–H groups in total. The number of alkyl halides is 3. The molecule has 0 amide bonds. The number of halogens is 3. The number of hydrogen-bond donors (Lipinski definition) is 1. The standard InChI is InChI=1S/C16H14F3NO/c17-16(18,19)11-21-15-9-5-13(6-10-15)2-1-12-3-7-14(20)8-4-12/h1-10H,11,20H2. The first-order chi connectivity index (χ1) is 9.92. The Kier molecular flexibility index (Phi) is 4.52. The molecule has 0 bridgehead atoms. The number of benzene rings is 2. The van der Waals surface area contributed by atoms with E-state index >= 15 is 0 Å². The molecule has 21 heavy (non-hydrogen) atoms. The first kappa shape index (κ1) is 15.0. The highest BCUT2D eigenvalue weighted by Crippen LogP contribution is 2.19. The van der Waals surface area contributed by atoms with Crippen molar-refractivity contribution in [2.45, 2.75) is 6.18 Å². The molecule has 5 heteroatoms. The summed E-state index contributed by atoms with van der Waals surface area (Å²) in [6.45, 7) is -1.28. The lowest BCUT2D eigenvalue weighted by molar-refractivity contribution is -0.153. The van der Waals surface area contributed by atoms with E-state index in [0.29, 0.717) is 5.69 Å². The zero-order valence-electron chi connectivity index (χ0n) is 11.1. The van der Waals surface area contributed by atoms with Gasteiger partial charge in [0.2, 0.25) is 0 Å². The molecule has 0 aliphatic carbocycles. The quantitative estimate of drug-likeness (QED) is 0.670. The summed E-state index contributed by atoms with van der Waals surface area (Å²) in [4.78, 5) is 0. The van der Waals surface area contributed by atoms with E-state index in [0.717, 1.165) is 11.1 Å². The van der Waals surface area contributed by atoms with E-state index in [2.05, 4.69) is 4.74 Å². The van der Waals surface area contributed by atoms with Crippen molar-refractivity contribution in [2.24, 2.45) is 0 Å². The normalized spacial score (nSPS) is 11.8. The Hall–Kier alpha value is -2.43. The first-order valence-electron chi connectivity index (χ1n) is 6.26. The molecule has 0 spiro atoms. The van der Waals surface area contributed by atoms with E-state index in [1.165, 1.54) is 12.1 Å². The van der Waals surface area contributed by atoms with Crippen LogP contribution in [-0.4, -0.2) is 12.8 Å². The van der Waals surface area contributed by atoms with Crippen molar-refractivity contribution in [1.82, 2.24) is 0 Å². The predicted molar refractivity (Wildman–Crippen MR) is 77.8 cm³/mol. The van der Waals surface area contributed by atoms with Crippen LogP contribution < -0.4 is 10.5 Å². The molecule has 0 heterocycles. The van der Waals surface area contributed by atoms with Crippen LogP contribution in [0.1, 0.15) is 11.1 Å². The Labute approximate surface area is 120 Å². The molecule has 110 valence electrons. The Morgan fingerprint density at radius 1 is 0.857 bits per heavy atom. The van der Waals surface area contributed by atoms with E-state index in [4.69, 9.17) is 5.73 Å². The molecule has 0 saturated heterocycles. The van der Waals surface area contributed by atoms with Gasteiger partial charge in [-0.3, -0.25) is 0 Å². The van der Waals surface area contributed by atoms with Gasteiger partial charge < -0.3 is 10.5 Å². The fraction of sp³-hybridized carbons (Fsp3) is 0.125. The molecule has 0 atom stereocenters. The molecule has 0 radical (unpaired) electrons. The first-order valence-corrected chi connectivity index (χ1v) is 6.26. The van der Waals surface area contributed by atoms with Crippen LogP contribution in [0.5, 0.6) is 5.75 Å². The van der Waals surface area contributed by atoms with Gasteiger partial charge in [0.1, 0.15) is 5.75 Å². The van der Waals surface area contributed by atoms with Crippen LogP contribution in [0.15, 0.2) is 48.5 Å². The van der Waals surface area contributed by atoms with Crippen LogP contribution in [0.2, 0.25) is 0 Å².